The molecule has 1 aromatic carbocycles. The third-order valence-electron chi connectivity index (χ3n) is 4.81. The van der Waals surface area contributed by atoms with E-state index in [9.17, 15) is 0 Å². The predicted octanol–water partition coefficient (Wildman–Crippen LogP) is 3.03. The number of benzene rings is 1. The van der Waals surface area contributed by atoms with E-state index in [0.29, 0.717) is 0 Å². The lowest BCUT2D eigenvalue weighted by molar-refractivity contribution is 0.0554. The molecule has 0 bridgehead atoms. The monoisotopic (exact) mass is 276 g/mol. The molecule has 112 valence electrons. The molecule has 2 atom stereocenters. The van der Waals surface area contributed by atoms with Crippen molar-refractivity contribution in [3.63, 3.8) is 0 Å². The molecule has 0 aliphatic heterocycles. The van der Waals surface area contributed by atoms with E-state index >= 15 is 0 Å². The zero-order valence-electron chi connectivity index (χ0n) is 13.1. The van der Waals surface area contributed by atoms with Crippen LogP contribution in [-0.2, 0) is 6.54 Å². The topological polar surface area (TPSA) is 38.5 Å². The zero-order valence-corrected chi connectivity index (χ0v) is 13.1. The van der Waals surface area contributed by atoms with Crippen LogP contribution in [0.25, 0.3) is 0 Å². The molecule has 0 spiro atoms. The van der Waals surface area contributed by atoms with Crippen molar-refractivity contribution in [1.82, 2.24) is 4.90 Å². The van der Waals surface area contributed by atoms with Gasteiger partial charge in [-0.2, -0.15) is 0 Å². The van der Waals surface area contributed by atoms with Gasteiger partial charge in [0.25, 0.3) is 0 Å². The fourth-order valence-electron chi connectivity index (χ4n) is 3.53. The van der Waals surface area contributed by atoms with Crippen LogP contribution in [0.4, 0.5) is 0 Å². The first-order valence-corrected chi connectivity index (χ1v) is 7.64. The lowest BCUT2D eigenvalue weighted by atomic mass is 9.75. The smallest absolute Gasteiger partial charge is 0.119 e. The van der Waals surface area contributed by atoms with E-state index in [4.69, 9.17) is 10.5 Å². The lowest BCUT2D eigenvalue weighted by Crippen LogP contribution is -2.54. The van der Waals surface area contributed by atoms with Gasteiger partial charge in [-0.15, -0.1) is 0 Å². The van der Waals surface area contributed by atoms with Crippen LogP contribution in [-0.4, -0.2) is 31.1 Å². The number of nitrogens with two attached hydrogens (primary N) is 1. The first kappa shape index (κ1) is 15.3. The van der Waals surface area contributed by atoms with Crippen molar-refractivity contribution in [2.24, 2.45) is 11.7 Å². The van der Waals surface area contributed by atoms with Crippen LogP contribution in [0.2, 0.25) is 0 Å². The minimum Gasteiger partial charge on any atom is -0.497 e. The minimum atomic E-state index is 0.167. The molecule has 0 radical (unpaired) electrons. The van der Waals surface area contributed by atoms with E-state index in [2.05, 4.69) is 37.1 Å². The Morgan fingerprint density at radius 2 is 2.25 bits per heavy atom. The highest BCUT2D eigenvalue weighted by atomic mass is 16.5. The zero-order chi connectivity index (χ0) is 14.6. The van der Waals surface area contributed by atoms with Crippen molar-refractivity contribution < 1.29 is 4.74 Å². The second-order valence-corrected chi connectivity index (χ2v) is 6.34. The van der Waals surface area contributed by atoms with Crippen molar-refractivity contribution in [3.05, 3.63) is 29.8 Å². The molecule has 3 nitrogen and oxygen atoms in total. The first-order valence-electron chi connectivity index (χ1n) is 7.64. The number of ether oxygens (including phenoxy) is 1. The Kier molecular flexibility index (Phi) is 5.06. The standard InChI is InChI=1S/C17H28N2O/c1-14-6-5-9-17(11-14,13-18)19(2)12-15-7-4-8-16(10-15)20-3/h4,7-8,10,14H,5-6,9,11-13,18H2,1-3H3. The summed E-state index contributed by atoms with van der Waals surface area (Å²) in [6.07, 6.45) is 5.06. The molecule has 0 saturated heterocycles. The predicted molar refractivity (Wildman–Crippen MR) is 83.9 cm³/mol. The molecule has 2 unspecified atom stereocenters. The van der Waals surface area contributed by atoms with Gasteiger partial charge in [0, 0.05) is 18.6 Å². The van der Waals surface area contributed by atoms with Gasteiger partial charge in [0.05, 0.1) is 7.11 Å². The molecule has 1 saturated carbocycles. The highest BCUT2D eigenvalue weighted by molar-refractivity contribution is 5.28. The molecule has 20 heavy (non-hydrogen) atoms. The largest absolute Gasteiger partial charge is 0.497 e. The Morgan fingerprint density at radius 3 is 2.90 bits per heavy atom. The van der Waals surface area contributed by atoms with Crippen LogP contribution in [0.3, 0.4) is 0 Å². The molecule has 0 amide bonds. The Hall–Kier alpha value is -1.06. The van der Waals surface area contributed by atoms with Crippen LogP contribution >= 0.6 is 0 Å². The van der Waals surface area contributed by atoms with Gasteiger partial charge >= 0.3 is 0 Å². The molecule has 0 aromatic heterocycles. The second kappa shape index (κ2) is 6.59. The van der Waals surface area contributed by atoms with E-state index in [1.54, 1.807) is 7.11 Å². The summed E-state index contributed by atoms with van der Waals surface area (Å²) in [5.41, 5.74) is 7.60. The van der Waals surface area contributed by atoms with Crippen molar-refractivity contribution in [3.8, 4) is 5.75 Å². The van der Waals surface area contributed by atoms with Gasteiger partial charge in [0.2, 0.25) is 0 Å². The molecule has 1 aliphatic carbocycles. The first-order chi connectivity index (χ1) is 9.59. The summed E-state index contributed by atoms with van der Waals surface area (Å²) in [6.45, 7) is 4.03. The van der Waals surface area contributed by atoms with Gasteiger partial charge in [0.1, 0.15) is 5.75 Å². The molecular weight excluding hydrogens is 248 g/mol. The van der Waals surface area contributed by atoms with Crippen molar-refractivity contribution in [2.45, 2.75) is 44.7 Å². The summed E-state index contributed by atoms with van der Waals surface area (Å²) in [5.74, 6) is 1.70. The third kappa shape index (κ3) is 3.33. The van der Waals surface area contributed by atoms with E-state index < -0.39 is 0 Å². The summed E-state index contributed by atoms with van der Waals surface area (Å²) < 4.78 is 5.31. The van der Waals surface area contributed by atoms with Crippen molar-refractivity contribution in [1.29, 1.82) is 0 Å². The third-order valence-corrected chi connectivity index (χ3v) is 4.81. The molecular formula is C17H28N2O. The summed E-state index contributed by atoms with van der Waals surface area (Å²) in [7, 11) is 3.93. The summed E-state index contributed by atoms with van der Waals surface area (Å²) >= 11 is 0. The van der Waals surface area contributed by atoms with E-state index in [0.717, 1.165) is 24.8 Å². The number of nitrogens with zero attached hydrogens (tertiary/aromatic N) is 1. The quantitative estimate of drug-likeness (QED) is 0.898. The second-order valence-electron chi connectivity index (χ2n) is 6.34. The maximum Gasteiger partial charge on any atom is 0.119 e. The molecule has 0 heterocycles. The normalized spacial score (nSPS) is 26.8. The average molecular weight is 276 g/mol. The van der Waals surface area contributed by atoms with Crippen LogP contribution < -0.4 is 10.5 Å². The number of methoxy groups -OCH3 is 1. The Labute approximate surface area is 123 Å². The molecule has 1 fully saturated rings. The van der Waals surface area contributed by atoms with Crippen LogP contribution in [0.5, 0.6) is 5.75 Å². The van der Waals surface area contributed by atoms with E-state index in [1.807, 2.05) is 6.07 Å². The molecule has 3 heteroatoms. The Bertz CT molecular complexity index is 435. The van der Waals surface area contributed by atoms with Gasteiger partial charge in [-0.25, -0.2) is 0 Å². The fourth-order valence-corrected chi connectivity index (χ4v) is 3.53. The lowest BCUT2D eigenvalue weighted by Gasteiger charge is -2.46. The van der Waals surface area contributed by atoms with Crippen molar-refractivity contribution >= 4 is 0 Å². The highest BCUT2D eigenvalue weighted by Crippen LogP contribution is 2.36. The average Bonchev–Trinajstić information content (AvgIpc) is 2.47. The number of hydrogen-bond acceptors (Lipinski definition) is 3. The van der Waals surface area contributed by atoms with Gasteiger partial charge in [-0.1, -0.05) is 31.9 Å². The maximum atomic E-state index is 6.14. The SMILES string of the molecule is COc1cccc(CN(C)C2(CN)CCCC(C)C2)c1. The Balaban J connectivity index is 2.10. The number of hydrogen-bond donors (Lipinski definition) is 1. The van der Waals surface area contributed by atoms with Crippen LogP contribution in [0.15, 0.2) is 24.3 Å². The number of rotatable bonds is 5. The van der Waals surface area contributed by atoms with Gasteiger partial charge in [-0.3, -0.25) is 4.90 Å². The molecule has 2 rings (SSSR count). The van der Waals surface area contributed by atoms with Gasteiger partial charge < -0.3 is 10.5 Å². The minimum absolute atomic E-state index is 0.167. The van der Waals surface area contributed by atoms with Crippen LogP contribution in [0.1, 0.15) is 38.2 Å². The maximum absolute atomic E-state index is 6.14. The molecule has 2 N–H and O–H groups in total. The summed E-state index contributed by atoms with van der Waals surface area (Å²) in [6, 6.07) is 8.33. The summed E-state index contributed by atoms with van der Waals surface area (Å²) in [4.78, 5) is 2.46. The van der Waals surface area contributed by atoms with Gasteiger partial charge in [-0.05, 0) is 43.5 Å². The Morgan fingerprint density at radius 1 is 1.45 bits per heavy atom. The fraction of sp³-hybridized carbons (Fsp3) is 0.647. The van der Waals surface area contributed by atoms with E-state index in [1.165, 1.54) is 31.2 Å². The van der Waals surface area contributed by atoms with E-state index in [-0.39, 0.29) is 5.54 Å². The molecule has 1 aromatic rings. The van der Waals surface area contributed by atoms with Crippen molar-refractivity contribution in [2.75, 3.05) is 20.7 Å². The van der Waals surface area contributed by atoms with Gasteiger partial charge in [0.15, 0.2) is 0 Å². The molecule has 1 aliphatic rings. The summed E-state index contributed by atoms with van der Waals surface area (Å²) in [5, 5.41) is 0. The number of likely N-dealkylation sites (N-methyl/N-ethyl adjacent to an activating group) is 1. The van der Waals surface area contributed by atoms with Crippen LogP contribution in [0, 0.1) is 5.92 Å². The highest BCUT2D eigenvalue weighted by Gasteiger charge is 2.37.